The maximum absolute atomic E-state index is 5.98. The maximum atomic E-state index is 5.98. The highest BCUT2D eigenvalue weighted by atomic mass is 15.3. The van der Waals surface area contributed by atoms with Gasteiger partial charge in [-0.2, -0.15) is 0 Å². The zero-order valence-corrected chi connectivity index (χ0v) is 13.5. The first kappa shape index (κ1) is 15.0. The highest BCUT2D eigenvalue weighted by molar-refractivity contribution is 5.67. The number of imidazole rings is 1. The van der Waals surface area contributed by atoms with E-state index in [4.69, 9.17) is 16.6 Å². The number of anilines is 2. The second kappa shape index (κ2) is 6.13. The maximum Gasteiger partial charge on any atom is 0.154 e. The second-order valence-electron chi connectivity index (χ2n) is 6.51. The Bertz CT molecular complexity index is 848. The molecule has 1 aromatic carbocycles. The molecule has 0 amide bonds. The minimum absolute atomic E-state index is 0.349. The van der Waals surface area contributed by atoms with E-state index in [0.717, 1.165) is 54.1 Å². The first-order valence-electron chi connectivity index (χ1n) is 8.42. The summed E-state index contributed by atoms with van der Waals surface area (Å²) in [6, 6.07) is 12.5. The summed E-state index contributed by atoms with van der Waals surface area (Å²) in [5, 5.41) is 8.26. The molecule has 6 heteroatoms. The Labute approximate surface area is 140 Å². The SMILES string of the molecule is Nc1cccc(-c2cnc3ccc(NC4CCC(N)CC4)nn23)c1. The Balaban J connectivity index is 1.63. The number of rotatable bonds is 3. The molecule has 0 aliphatic heterocycles. The van der Waals surface area contributed by atoms with Gasteiger partial charge >= 0.3 is 0 Å². The van der Waals surface area contributed by atoms with Crippen LogP contribution in [-0.2, 0) is 0 Å². The van der Waals surface area contributed by atoms with E-state index in [2.05, 4.69) is 10.3 Å². The van der Waals surface area contributed by atoms with Crippen LogP contribution < -0.4 is 16.8 Å². The van der Waals surface area contributed by atoms with Gasteiger partial charge in [-0.05, 0) is 49.9 Å². The van der Waals surface area contributed by atoms with Gasteiger partial charge in [0.15, 0.2) is 5.65 Å². The molecule has 3 aromatic rings. The van der Waals surface area contributed by atoms with Gasteiger partial charge in [0.1, 0.15) is 5.82 Å². The predicted molar refractivity (Wildman–Crippen MR) is 96.7 cm³/mol. The van der Waals surface area contributed by atoms with Crippen molar-refractivity contribution in [3.8, 4) is 11.3 Å². The van der Waals surface area contributed by atoms with Crippen molar-refractivity contribution in [1.82, 2.24) is 14.6 Å². The molecule has 4 rings (SSSR count). The van der Waals surface area contributed by atoms with Gasteiger partial charge in [-0.25, -0.2) is 9.50 Å². The first-order chi connectivity index (χ1) is 11.7. The van der Waals surface area contributed by atoms with E-state index in [1.54, 1.807) is 0 Å². The average molecular weight is 322 g/mol. The summed E-state index contributed by atoms with van der Waals surface area (Å²) in [6.07, 6.45) is 6.15. The van der Waals surface area contributed by atoms with E-state index in [9.17, 15) is 0 Å². The monoisotopic (exact) mass is 322 g/mol. The van der Waals surface area contributed by atoms with Crippen LogP contribution in [0.1, 0.15) is 25.7 Å². The fourth-order valence-electron chi connectivity index (χ4n) is 3.32. The molecule has 1 aliphatic rings. The minimum Gasteiger partial charge on any atom is -0.399 e. The van der Waals surface area contributed by atoms with Gasteiger partial charge in [0.05, 0.1) is 11.9 Å². The third-order valence-electron chi connectivity index (χ3n) is 4.67. The Morgan fingerprint density at radius 2 is 1.92 bits per heavy atom. The number of nitrogens with one attached hydrogen (secondary N) is 1. The van der Waals surface area contributed by atoms with Gasteiger partial charge in [0.25, 0.3) is 0 Å². The normalized spacial score (nSPS) is 21.0. The zero-order chi connectivity index (χ0) is 16.5. The van der Waals surface area contributed by atoms with Gasteiger partial charge in [0, 0.05) is 23.3 Å². The molecule has 0 radical (unpaired) electrons. The van der Waals surface area contributed by atoms with Crippen LogP contribution in [0.4, 0.5) is 11.5 Å². The number of nitrogens with zero attached hydrogens (tertiary/aromatic N) is 3. The van der Waals surface area contributed by atoms with E-state index in [1.165, 1.54) is 0 Å². The topological polar surface area (TPSA) is 94.3 Å². The quantitative estimate of drug-likeness (QED) is 0.645. The molecule has 0 unspecified atom stereocenters. The van der Waals surface area contributed by atoms with Crippen LogP contribution in [-0.4, -0.2) is 26.7 Å². The lowest BCUT2D eigenvalue weighted by Gasteiger charge is -2.27. The van der Waals surface area contributed by atoms with E-state index in [0.29, 0.717) is 12.1 Å². The van der Waals surface area contributed by atoms with Crippen molar-refractivity contribution >= 4 is 17.2 Å². The highest BCUT2D eigenvalue weighted by Crippen LogP contribution is 2.24. The summed E-state index contributed by atoms with van der Waals surface area (Å²) in [5.74, 6) is 0.867. The fourth-order valence-corrected chi connectivity index (χ4v) is 3.32. The van der Waals surface area contributed by atoms with Crippen LogP contribution >= 0.6 is 0 Å². The number of fused-ring (bicyclic) bond motifs is 1. The van der Waals surface area contributed by atoms with Gasteiger partial charge in [-0.1, -0.05) is 12.1 Å². The molecule has 2 aromatic heterocycles. The molecule has 5 N–H and O–H groups in total. The Morgan fingerprint density at radius 3 is 2.71 bits per heavy atom. The van der Waals surface area contributed by atoms with Crippen LogP contribution in [0.2, 0.25) is 0 Å². The third-order valence-corrected chi connectivity index (χ3v) is 4.67. The van der Waals surface area contributed by atoms with Gasteiger partial charge < -0.3 is 16.8 Å². The Kier molecular flexibility index (Phi) is 3.82. The number of benzene rings is 1. The van der Waals surface area contributed by atoms with E-state index >= 15 is 0 Å². The molecule has 124 valence electrons. The van der Waals surface area contributed by atoms with Gasteiger partial charge in [-0.3, -0.25) is 0 Å². The molecule has 1 fully saturated rings. The highest BCUT2D eigenvalue weighted by Gasteiger charge is 2.19. The Morgan fingerprint density at radius 1 is 1.08 bits per heavy atom. The van der Waals surface area contributed by atoms with Crippen molar-refractivity contribution in [2.45, 2.75) is 37.8 Å². The van der Waals surface area contributed by atoms with Crippen LogP contribution in [0.3, 0.4) is 0 Å². The summed E-state index contributed by atoms with van der Waals surface area (Å²) in [6.45, 7) is 0. The minimum atomic E-state index is 0.349. The lowest BCUT2D eigenvalue weighted by atomic mass is 9.92. The van der Waals surface area contributed by atoms with E-state index in [1.807, 2.05) is 47.1 Å². The molecule has 2 heterocycles. The molecule has 0 bridgehead atoms. The summed E-state index contributed by atoms with van der Waals surface area (Å²) >= 11 is 0. The lowest BCUT2D eigenvalue weighted by molar-refractivity contribution is 0.410. The lowest BCUT2D eigenvalue weighted by Crippen LogP contribution is -2.33. The van der Waals surface area contributed by atoms with Crippen molar-refractivity contribution in [2.75, 3.05) is 11.1 Å². The number of hydrogen-bond acceptors (Lipinski definition) is 5. The number of aromatic nitrogens is 3. The standard InChI is InChI=1S/C18H22N6/c19-13-4-6-15(7-5-13)22-17-8-9-18-21-11-16(24(18)23-17)12-2-1-3-14(20)10-12/h1-3,8-11,13,15H,4-7,19-20H2,(H,22,23). The molecule has 0 atom stereocenters. The molecule has 1 saturated carbocycles. The zero-order valence-electron chi connectivity index (χ0n) is 13.5. The van der Waals surface area contributed by atoms with Crippen molar-refractivity contribution in [2.24, 2.45) is 5.73 Å². The Hall–Kier alpha value is -2.60. The van der Waals surface area contributed by atoms with Crippen molar-refractivity contribution in [3.05, 3.63) is 42.6 Å². The van der Waals surface area contributed by atoms with Crippen LogP contribution in [0.5, 0.6) is 0 Å². The van der Waals surface area contributed by atoms with Gasteiger partial charge in [0.2, 0.25) is 0 Å². The number of nitrogen functional groups attached to an aromatic ring is 1. The summed E-state index contributed by atoms with van der Waals surface area (Å²) in [5.41, 5.74) is 15.4. The van der Waals surface area contributed by atoms with Crippen LogP contribution in [0.25, 0.3) is 16.9 Å². The molecule has 0 spiro atoms. The second-order valence-corrected chi connectivity index (χ2v) is 6.51. The van der Waals surface area contributed by atoms with Crippen LogP contribution in [0, 0.1) is 0 Å². The van der Waals surface area contributed by atoms with Crippen molar-refractivity contribution < 1.29 is 0 Å². The first-order valence-corrected chi connectivity index (χ1v) is 8.42. The smallest absolute Gasteiger partial charge is 0.154 e. The third kappa shape index (κ3) is 2.92. The van der Waals surface area contributed by atoms with E-state index in [-0.39, 0.29) is 0 Å². The van der Waals surface area contributed by atoms with E-state index < -0.39 is 0 Å². The fraction of sp³-hybridized carbons (Fsp3) is 0.333. The predicted octanol–water partition coefficient (Wildman–Crippen LogP) is 2.66. The number of nitrogens with two attached hydrogens (primary N) is 2. The molecular formula is C18H22N6. The molecule has 0 saturated heterocycles. The van der Waals surface area contributed by atoms with Crippen molar-refractivity contribution in [1.29, 1.82) is 0 Å². The average Bonchev–Trinajstić information content (AvgIpc) is 3.00. The summed E-state index contributed by atoms with van der Waals surface area (Å²) in [7, 11) is 0. The summed E-state index contributed by atoms with van der Waals surface area (Å²) in [4.78, 5) is 4.44. The van der Waals surface area contributed by atoms with Crippen LogP contribution in [0.15, 0.2) is 42.6 Å². The molecule has 1 aliphatic carbocycles. The number of hydrogen-bond donors (Lipinski definition) is 3. The molecule has 6 nitrogen and oxygen atoms in total. The van der Waals surface area contributed by atoms with Gasteiger partial charge in [-0.15, -0.1) is 5.10 Å². The van der Waals surface area contributed by atoms with Crippen molar-refractivity contribution in [3.63, 3.8) is 0 Å². The molecular weight excluding hydrogens is 300 g/mol. The summed E-state index contributed by atoms with van der Waals surface area (Å²) < 4.78 is 1.87. The molecule has 24 heavy (non-hydrogen) atoms. The largest absolute Gasteiger partial charge is 0.399 e.